The molecule has 9 heteroatoms. The van der Waals surface area contributed by atoms with Gasteiger partial charge in [0.05, 0.1) is 13.3 Å². The summed E-state index contributed by atoms with van der Waals surface area (Å²) in [6.45, 7) is 8.54. The van der Waals surface area contributed by atoms with Crippen molar-refractivity contribution in [3.05, 3.63) is 28.7 Å². The molecule has 0 unspecified atom stereocenters. The Morgan fingerprint density at radius 1 is 1.28 bits per heavy atom. The van der Waals surface area contributed by atoms with Gasteiger partial charge in [-0.25, -0.2) is 9.78 Å². The number of rotatable bonds is 5. The molecule has 1 N–H and O–H groups in total. The summed E-state index contributed by atoms with van der Waals surface area (Å²) in [6.07, 6.45) is 2.01. The molecule has 1 fully saturated rings. The van der Waals surface area contributed by atoms with E-state index in [4.69, 9.17) is 4.74 Å². The number of pyridine rings is 1. The number of piperidine rings is 1. The van der Waals surface area contributed by atoms with Crippen molar-refractivity contribution in [2.45, 2.75) is 51.7 Å². The van der Waals surface area contributed by atoms with E-state index in [1.807, 2.05) is 20.8 Å². The molecule has 0 atom stereocenters. The summed E-state index contributed by atoms with van der Waals surface area (Å²) in [5.74, 6) is 0.440. The number of nitrogens with zero attached hydrogens (tertiary/aromatic N) is 5. The van der Waals surface area contributed by atoms with E-state index in [9.17, 15) is 14.7 Å². The molecule has 1 saturated heterocycles. The van der Waals surface area contributed by atoms with E-state index in [-0.39, 0.29) is 11.6 Å². The number of ether oxygens (including phenoxy) is 1. The number of hydrogen-bond donors (Lipinski definition) is 1. The van der Waals surface area contributed by atoms with Gasteiger partial charge in [0.25, 0.3) is 5.56 Å². The maximum Gasteiger partial charge on any atom is 0.407 e. The normalized spacial score (nSPS) is 16.1. The fourth-order valence-electron chi connectivity index (χ4n) is 3.99. The molecule has 1 aliphatic rings. The van der Waals surface area contributed by atoms with Gasteiger partial charge in [-0.2, -0.15) is 4.98 Å². The molecular formula is C20H29N5O4. The first-order valence-corrected chi connectivity index (χ1v) is 9.86. The first kappa shape index (κ1) is 21.0. The summed E-state index contributed by atoms with van der Waals surface area (Å²) in [5.41, 5.74) is 0.535. The molecule has 1 amide bonds. The summed E-state index contributed by atoms with van der Waals surface area (Å²) in [7, 11) is 1.54. The highest BCUT2D eigenvalue weighted by molar-refractivity contribution is 5.70. The van der Waals surface area contributed by atoms with E-state index >= 15 is 0 Å². The first-order chi connectivity index (χ1) is 13.7. The van der Waals surface area contributed by atoms with Crippen LogP contribution in [0, 0.1) is 0 Å². The lowest BCUT2D eigenvalue weighted by molar-refractivity contribution is 0.0417. The zero-order chi connectivity index (χ0) is 21.2. The molecule has 2 aromatic rings. The maximum absolute atomic E-state index is 12.4. The fraction of sp³-hybridized carbons (Fsp3) is 0.600. The standard InChI is InChI=1S/C20H29N5O4/c1-20(2,3)25(19(27)28)14-7-9-23(10-8-14)11-12-24-17(26)13-21-15-5-6-16(29-4)22-18(15)24/h5-6,13-14H,7-12H2,1-4H3,(H,27,28). The van der Waals surface area contributed by atoms with Gasteiger partial charge in [-0.15, -0.1) is 0 Å². The Hall–Kier alpha value is -2.68. The average molecular weight is 403 g/mol. The average Bonchev–Trinajstić information content (AvgIpc) is 2.66. The number of amides is 1. The van der Waals surface area contributed by atoms with Crippen molar-refractivity contribution in [1.29, 1.82) is 0 Å². The van der Waals surface area contributed by atoms with E-state index in [0.717, 1.165) is 25.9 Å². The third kappa shape index (κ3) is 4.67. The van der Waals surface area contributed by atoms with Crippen LogP contribution in [0.4, 0.5) is 4.79 Å². The van der Waals surface area contributed by atoms with E-state index in [2.05, 4.69) is 14.9 Å². The molecule has 29 heavy (non-hydrogen) atoms. The van der Waals surface area contributed by atoms with Crippen molar-refractivity contribution in [3.63, 3.8) is 0 Å². The molecule has 0 radical (unpaired) electrons. The van der Waals surface area contributed by atoms with Gasteiger partial charge < -0.3 is 19.6 Å². The van der Waals surface area contributed by atoms with E-state index in [1.54, 1.807) is 21.6 Å². The molecule has 158 valence electrons. The van der Waals surface area contributed by atoms with Crippen LogP contribution in [0.25, 0.3) is 11.2 Å². The van der Waals surface area contributed by atoms with Gasteiger partial charge in [-0.3, -0.25) is 9.36 Å². The van der Waals surface area contributed by atoms with Gasteiger partial charge in [-0.05, 0) is 39.7 Å². The summed E-state index contributed by atoms with van der Waals surface area (Å²) in [4.78, 5) is 36.4. The van der Waals surface area contributed by atoms with Crippen molar-refractivity contribution in [1.82, 2.24) is 24.3 Å². The Morgan fingerprint density at radius 3 is 2.55 bits per heavy atom. The Labute approximate surface area is 169 Å². The number of hydrogen-bond acceptors (Lipinski definition) is 6. The van der Waals surface area contributed by atoms with Crippen molar-refractivity contribution in [3.8, 4) is 5.88 Å². The van der Waals surface area contributed by atoms with Crippen molar-refractivity contribution in [2.24, 2.45) is 0 Å². The molecule has 0 spiro atoms. The smallest absolute Gasteiger partial charge is 0.407 e. The Kier molecular flexibility index (Phi) is 6.07. The third-order valence-corrected chi connectivity index (χ3v) is 5.36. The molecule has 3 heterocycles. The van der Waals surface area contributed by atoms with Gasteiger partial charge >= 0.3 is 6.09 Å². The van der Waals surface area contributed by atoms with Crippen LogP contribution in [0.15, 0.2) is 23.1 Å². The minimum atomic E-state index is -0.870. The fourth-order valence-corrected chi connectivity index (χ4v) is 3.99. The minimum Gasteiger partial charge on any atom is -0.481 e. The van der Waals surface area contributed by atoms with Crippen LogP contribution >= 0.6 is 0 Å². The number of aromatic nitrogens is 3. The topological polar surface area (TPSA) is 101 Å². The molecule has 0 aromatic carbocycles. The van der Waals surface area contributed by atoms with Crippen molar-refractivity contribution < 1.29 is 14.6 Å². The van der Waals surface area contributed by atoms with Gasteiger partial charge in [0, 0.05) is 43.8 Å². The Bertz CT molecular complexity index is 929. The van der Waals surface area contributed by atoms with Gasteiger partial charge in [0.2, 0.25) is 5.88 Å². The highest BCUT2D eigenvalue weighted by Gasteiger charge is 2.35. The lowest BCUT2D eigenvalue weighted by Crippen LogP contribution is -2.54. The van der Waals surface area contributed by atoms with Crippen LogP contribution < -0.4 is 10.3 Å². The first-order valence-electron chi connectivity index (χ1n) is 9.86. The quantitative estimate of drug-likeness (QED) is 0.815. The van der Waals surface area contributed by atoms with Crippen molar-refractivity contribution >= 4 is 17.3 Å². The lowest BCUT2D eigenvalue weighted by atomic mass is 9.97. The van der Waals surface area contributed by atoms with E-state index < -0.39 is 11.6 Å². The maximum atomic E-state index is 12.4. The number of carbonyl (C=O) groups is 1. The van der Waals surface area contributed by atoms with Crippen LogP contribution in [0.2, 0.25) is 0 Å². The van der Waals surface area contributed by atoms with Gasteiger partial charge in [0.15, 0.2) is 5.65 Å². The van der Waals surface area contributed by atoms with E-state index in [0.29, 0.717) is 30.1 Å². The summed E-state index contributed by atoms with van der Waals surface area (Å²) in [5, 5.41) is 9.60. The zero-order valence-corrected chi connectivity index (χ0v) is 17.5. The molecule has 1 aliphatic heterocycles. The molecule has 0 aliphatic carbocycles. The second-order valence-electron chi connectivity index (χ2n) is 8.34. The number of methoxy groups -OCH3 is 1. The van der Waals surface area contributed by atoms with Crippen LogP contribution in [0.1, 0.15) is 33.6 Å². The summed E-state index contributed by atoms with van der Waals surface area (Å²) in [6, 6.07) is 3.52. The van der Waals surface area contributed by atoms with E-state index in [1.165, 1.54) is 13.3 Å². The van der Waals surface area contributed by atoms with Crippen LogP contribution in [-0.2, 0) is 6.54 Å². The highest BCUT2D eigenvalue weighted by Crippen LogP contribution is 2.24. The lowest BCUT2D eigenvalue weighted by Gasteiger charge is -2.43. The zero-order valence-electron chi connectivity index (χ0n) is 17.5. The van der Waals surface area contributed by atoms with Gasteiger partial charge in [-0.1, -0.05) is 0 Å². The van der Waals surface area contributed by atoms with Crippen molar-refractivity contribution in [2.75, 3.05) is 26.7 Å². The summed E-state index contributed by atoms with van der Waals surface area (Å²) < 4.78 is 6.80. The van der Waals surface area contributed by atoms with Crippen LogP contribution in [-0.4, -0.2) is 73.9 Å². The second kappa shape index (κ2) is 8.36. The second-order valence-corrected chi connectivity index (χ2v) is 8.34. The third-order valence-electron chi connectivity index (χ3n) is 5.36. The molecular weight excluding hydrogens is 374 g/mol. The minimum absolute atomic E-state index is 0.0131. The Morgan fingerprint density at radius 2 is 1.97 bits per heavy atom. The van der Waals surface area contributed by atoms with Gasteiger partial charge in [0.1, 0.15) is 5.52 Å². The Balaban J connectivity index is 1.67. The summed E-state index contributed by atoms with van der Waals surface area (Å²) >= 11 is 0. The predicted octanol–water partition coefficient (Wildman–Crippen LogP) is 2.04. The monoisotopic (exact) mass is 403 g/mol. The number of likely N-dealkylation sites (tertiary alicyclic amines) is 1. The van der Waals surface area contributed by atoms with Crippen LogP contribution in [0.5, 0.6) is 5.88 Å². The molecule has 0 saturated carbocycles. The molecule has 3 rings (SSSR count). The molecule has 0 bridgehead atoms. The largest absolute Gasteiger partial charge is 0.481 e. The molecule has 9 nitrogen and oxygen atoms in total. The SMILES string of the molecule is COc1ccc2ncc(=O)n(CCN3CCC(N(C(=O)O)C(C)(C)C)CC3)c2n1. The van der Waals surface area contributed by atoms with Crippen LogP contribution in [0.3, 0.4) is 0 Å². The number of carboxylic acid groups (broad SMARTS) is 1. The highest BCUT2D eigenvalue weighted by atomic mass is 16.5. The molecule has 2 aromatic heterocycles. The predicted molar refractivity (Wildman–Crippen MR) is 109 cm³/mol. The number of fused-ring (bicyclic) bond motifs is 1.